The van der Waals surface area contributed by atoms with E-state index in [0.717, 1.165) is 18.4 Å². The Kier molecular flexibility index (Phi) is 4.43. The number of fused-ring (bicyclic) bond motifs is 1. The normalized spacial score (nSPS) is 17.3. The summed E-state index contributed by atoms with van der Waals surface area (Å²) in [5, 5.41) is 0. The van der Waals surface area contributed by atoms with Gasteiger partial charge in [-0.3, -0.25) is 4.79 Å². The van der Waals surface area contributed by atoms with Crippen LogP contribution in [-0.4, -0.2) is 37.0 Å². The van der Waals surface area contributed by atoms with Crippen LogP contribution in [0, 0.1) is 5.82 Å². The van der Waals surface area contributed by atoms with Crippen molar-refractivity contribution in [1.82, 2.24) is 4.90 Å². The first kappa shape index (κ1) is 16.1. The highest BCUT2D eigenvalue weighted by molar-refractivity contribution is 5.94. The molecule has 1 aliphatic heterocycles. The van der Waals surface area contributed by atoms with Crippen LogP contribution in [0.25, 0.3) is 0 Å². The molecule has 2 aliphatic rings. The smallest absolute Gasteiger partial charge is 0.253 e. The van der Waals surface area contributed by atoms with Gasteiger partial charge in [-0.15, -0.1) is 0 Å². The first-order valence-corrected chi connectivity index (χ1v) is 9.13. The van der Waals surface area contributed by atoms with Gasteiger partial charge in [-0.25, -0.2) is 4.39 Å². The molecular formula is C21H23FN2O. The molecule has 1 heterocycles. The van der Waals surface area contributed by atoms with Crippen molar-refractivity contribution in [2.24, 2.45) is 0 Å². The largest absolute Gasteiger partial charge is 0.366 e. The van der Waals surface area contributed by atoms with Crippen LogP contribution in [0.5, 0.6) is 0 Å². The summed E-state index contributed by atoms with van der Waals surface area (Å²) in [4.78, 5) is 16.7. The number of rotatable bonds is 2. The lowest BCUT2D eigenvalue weighted by atomic mass is 9.90. The molecule has 3 nitrogen and oxygen atoms in total. The van der Waals surface area contributed by atoms with E-state index < -0.39 is 0 Å². The second-order valence-electron chi connectivity index (χ2n) is 6.92. The van der Waals surface area contributed by atoms with Crippen LogP contribution in [0.2, 0.25) is 0 Å². The number of carbonyl (C=O) groups is 1. The second-order valence-corrected chi connectivity index (χ2v) is 6.92. The summed E-state index contributed by atoms with van der Waals surface area (Å²) >= 11 is 0. The zero-order valence-corrected chi connectivity index (χ0v) is 14.4. The van der Waals surface area contributed by atoms with Gasteiger partial charge in [0, 0.05) is 31.7 Å². The van der Waals surface area contributed by atoms with Crippen molar-refractivity contribution in [3.05, 3.63) is 65.0 Å². The van der Waals surface area contributed by atoms with Crippen LogP contribution in [0.15, 0.2) is 42.5 Å². The Hall–Kier alpha value is -2.36. The molecule has 1 aliphatic carbocycles. The maximum atomic E-state index is 13.9. The predicted molar refractivity (Wildman–Crippen MR) is 97.6 cm³/mol. The van der Waals surface area contributed by atoms with Crippen LogP contribution in [-0.2, 0) is 12.8 Å². The number of nitrogens with zero attached hydrogens (tertiary/aromatic N) is 2. The van der Waals surface area contributed by atoms with Gasteiger partial charge >= 0.3 is 0 Å². The van der Waals surface area contributed by atoms with Crippen molar-refractivity contribution >= 4 is 11.6 Å². The standard InChI is InChI=1S/C21H23FN2O/c22-19-7-3-4-8-20(19)23-11-13-24(14-12-23)21(25)18-10-9-16-5-1-2-6-17(16)15-18/h3-4,7-10,15H,1-2,5-6,11-14H2. The number of aryl methyl sites for hydroxylation is 2. The Balaban J connectivity index is 1.44. The lowest BCUT2D eigenvalue weighted by Crippen LogP contribution is -2.49. The van der Waals surface area contributed by atoms with Gasteiger partial charge in [-0.1, -0.05) is 18.2 Å². The molecule has 0 spiro atoms. The monoisotopic (exact) mass is 338 g/mol. The lowest BCUT2D eigenvalue weighted by Gasteiger charge is -2.36. The maximum absolute atomic E-state index is 13.9. The van der Waals surface area contributed by atoms with Crippen LogP contribution in [0.4, 0.5) is 10.1 Å². The molecule has 0 N–H and O–H groups in total. The quantitative estimate of drug-likeness (QED) is 0.834. The molecule has 1 fully saturated rings. The van der Waals surface area contributed by atoms with E-state index >= 15 is 0 Å². The molecule has 0 unspecified atom stereocenters. The van der Waals surface area contributed by atoms with Crippen molar-refractivity contribution < 1.29 is 9.18 Å². The predicted octanol–water partition coefficient (Wildman–Crippen LogP) is 3.67. The number of halogens is 1. The summed E-state index contributed by atoms with van der Waals surface area (Å²) < 4.78 is 13.9. The van der Waals surface area contributed by atoms with Crippen molar-refractivity contribution in [2.45, 2.75) is 25.7 Å². The highest BCUT2D eigenvalue weighted by atomic mass is 19.1. The molecule has 0 radical (unpaired) electrons. The second kappa shape index (κ2) is 6.87. The third-order valence-electron chi connectivity index (χ3n) is 5.36. The number of hydrogen-bond acceptors (Lipinski definition) is 2. The van der Waals surface area contributed by atoms with Crippen LogP contribution in [0.3, 0.4) is 0 Å². The summed E-state index contributed by atoms with van der Waals surface area (Å²) in [6.07, 6.45) is 4.67. The van der Waals surface area contributed by atoms with Gasteiger partial charge in [0.2, 0.25) is 0 Å². The number of benzene rings is 2. The van der Waals surface area contributed by atoms with Gasteiger partial charge in [0.25, 0.3) is 5.91 Å². The molecule has 25 heavy (non-hydrogen) atoms. The van der Waals surface area contributed by atoms with Gasteiger partial charge < -0.3 is 9.80 Å². The Bertz CT molecular complexity index is 781. The summed E-state index contributed by atoms with van der Waals surface area (Å²) in [6.45, 7) is 2.59. The molecule has 2 aromatic rings. The van der Waals surface area contributed by atoms with Crippen molar-refractivity contribution in [3.8, 4) is 0 Å². The SMILES string of the molecule is O=C(c1ccc2c(c1)CCCC2)N1CCN(c2ccccc2F)CC1. The number of carbonyl (C=O) groups excluding carboxylic acids is 1. The summed E-state index contributed by atoms with van der Waals surface area (Å²) in [5.41, 5.74) is 4.15. The minimum atomic E-state index is -0.197. The first-order chi connectivity index (χ1) is 12.2. The van der Waals surface area contributed by atoms with Gasteiger partial charge in [0.05, 0.1) is 5.69 Å². The van der Waals surface area contributed by atoms with E-state index in [-0.39, 0.29) is 11.7 Å². The Morgan fingerprint density at radius 1 is 0.880 bits per heavy atom. The molecule has 0 saturated carbocycles. The van der Waals surface area contributed by atoms with Crippen molar-refractivity contribution in [2.75, 3.05) is 31.1 Å². The van der Waals surface area contributed by atoms with Crippen LogP contribution >= 0.6 is 0 Å². The summed E-state index contributed by atoms with van der Waals surface area (Å²) in [7, 11) is 0. The Labute approximate surface area is 148 Å². The molecule has 1 amide bonds. The van der Waals surface area contributed by atoms with Crippen molar-refractivity contribution in [3.63, 3.8) is 0 Å². The minimum absolute atomic E-state index is 0.0987. The summed E-state index contributed by atoms with van der Waals surface area (Å²) in [5.74, 6) is -0.0986. The van der Waals surface area contributed by atoms with Crippen LogP contribution in [0.1, 0.15) is 34.3 Å². The van der Waals surface area contributed by atoms with E-state index in [1.54, 1.807) is 12.1 Å². The maximum Gasteiger partial charge on any atom is 0.253 e. The van der Waals surface area contributed by atoms with E-state index in [1.807, 2.05) is 21.9 Å². The number of hydrogen-bond donors (Lipinski definition) is 0. The summed E-state index contributed by atoms with van der Waals surface area (Å²) in [6, 6.07) is 13.0. The average Bonchev–Trinajstić information content (AvgIpc) is 2.67. The van der Waals surface area contributed by atoms with E-state index in [4.69, 9.17) is 0 Å². The van der Waals surface area contributed by atoms with E-state index in [2.05, 4.69) is 12.1 Å². The van der Waals surface area contributed by atoms with Gasteiger partial charge in [0.15, 0.2) is 0 Å². The number of para-hydroxylation sites is 1. The molecule has 0 atom stereocenters. The van der Waals surface area contributed by atoms with E-state index in [1.165, 1.54) is 30.0 Å². The fourth-order valence-electron chi connectivity index (χ4n) is 3.91. The minimum Gasteiger partial charge on any atom is -0.366 e. The molecule has 4 rings (SSSR count). The van der Waals surface area contributed by atoms with E-state index in [9.17, 15) is 9.18 Å². The van der Waals surface area contributed by atoms with Gasteiger partial charge in [-0.05, 0) is 61.1 Å². The fraction of sp³-hybridized carbons (Fsp3) is 0.381. The first-order valence-electron chi connectivity index (χ1n) is 9.13. The molecule has 0 aromatic heterocycles. The lowest BCUT2D eigenvalue weighted by molar-refractivity contribution is 0.0746. The molecular weight excluding hydrogens is 315 g/mol. The topological polar surface area (TPSA) is 23.6 Å². The van der Waals surface area contributed by atoms with Crippen molar-refractivity contribution in [1.29, 1.82) is 0 Å². The Morgan fingerprint density at radius 2 is 1.60 bits per heavy atom. The Morgan fingerprint density at radius 3 is 2.36 bits per heavy atom. The third-order valence-corrected chi connectivity index (χ3v) is 5.36. The average molecular weight is 338 g/mol. The van der Waals surface area contributed by atoms with Gasteiger partial charge in [-0.2, -0.15) is 0 Å². The fourth-order valence-corrected chi connectivity index (χ4v) is 3.91. The molecule has 1 saturated heterocycles. The number of amides is 1. The number of anilines is 1. The highest BCUT2D eigenvalue weighted by Crippen LogP contribution is 2.24. The molecule has 4 heteroatoms. The molecule has 0 bridgehead atoms. The van der Waals surface area contributed by atoms with Gasteiger partial charge in [0.1, 0.15) is 5.82 Å². The molecule has 2 aromatic carbocycles. The molecule has 130 valence electrons. The van der Waals surface area contributed by atoms with E-state index in [0.29, 0.717) is 31.9 Å². The highest BCUT2D eigenvalue weighted by Gasteiger charge is 2.24. The zero-order chi connectivity index (χ0) is 17.2. The number of piperazine rings is 1. The third kappa shape index (κ3) is 3.26. The zero-order valence-electron chi connectivity index (χ0n) is 14.4. The van der Waals surface area contributed by atoms with Crippen LogP contribution < -0.4 is 4.90 Å².